The van der Waals surface area contributed by atoms with Crippen LogP contribution < -0.4 is 5.32 Å². The molecule has 3 rings (SSSR count). The number of aliphatic hydroxyl groups excluding tert-OH is 3. The van der Waals surface area contributed by atoms with E-state index in [-0.39, 0.29) is 12.7 Å². The van der Waals surface area contributed by atoms with Crippen molar-refractivity contribution in [1.82, 2.24) is 0 Å². The molecule has 1 saturated carbocycles. The summed E-state index contributed by atoms with van der Waals surface area (Å²) in [6, 6.07) is 9.61. The smallest absolute Gasteiger partial charge is 0.184 e. The van der Waals surface area contributed by atoms with Gasteiger partial charge in [-0.3, -0.25) is 0 Å². The summed E-state index contributed by atoms with van der Waals surface area (Å²) in [4.78, 5) is 0. The van der Waals surface area contributed by atoms with Crippen LogP contribution in [-0.2, 0) is 9.47 Å². The number of hydrogen-bond donors (Lipinski definition) is 4. The van der Waals surface area contributed by atoms with Crippen molar-refractivity contribution in [2.45, 2.75) is 56.4 Å². The number of hydrogen-bond acceptors (Lipinski definition) is 6. The molecule has 0 spiro atoms. The molecule has 24 heavy (non-hydrogen) atoms. The lowest BCUT2D eigenvalue weighted by atomic mass is 9.88. The van der Waals surface area contributed by atoms with Gasteiger partial charge in [0.1, 0.15) is 12.2 Å². The van der Waals surface area contributed by atoms with Crippen molar-refractivity contribution < 1.29 is 24.8 Å². The van der Waals surface area contributed by atoms with Gasteiger partial charge in [0.15, 0.2) is 6.29 Å². The third-order valence-electron chi connectivity index (χ3n) is 4.97. The predicted molar refractivity (Wildman–Crippen MR) is 89.5 cm³/mol. The summed E-state index contributed by atoms with van der Waals surface area (Å²) in [6.07, 6.45) is 0.805. The van der Waals surface area contributed by atoms with Crippen LogP contribution in [0.3, 0.4) is 0 Å². The highest BCUT2D eigenvalue weighted by Crippen LogP contribution is 2.31. The fourth-order valence-corrected chi connectivity index (χ4v) is 3.52. The van der Waals surface area contributed by atoms with E-state index >= 15 is 0 Å². The molecule has 1 aromatic carbocycles. The van der Waals surface area contributed by atoms with E-state index in [1.165, 1.54) is 0 Å². The quantitative estimate of drug-likeness (QED) is 0.622. The molecule has 2 fully saturated rings. The Balaban J connectivity index is 1.64. The van der Waals surface area contributed by atoms with Gasteiger partial charge in [0.2, 0.25) is 0 Å². The summed E-state index contributed by atoms with van der Waals surface area (Å²) in [5, 5.41) is 33.7. The van der Waals surface area contributed by atoms with Gasteiger partial charge in [-0.2, -0.15) is 0 Å². The zero-order chi connectivity index (χ0) is 16.9. The Labute approximate surface area is 142 Å². The molecule has 1 saturated heterocycles. The van der Waals surface area contributed by atoms with Crippen molar-refractivity contribution in [3.8, 4) is 0 Å². The molecule has 0 radical (unpaired) electrons. The van der Waals surface area contributed by atoms with Crippen molar-refractivity contribution in [3.05, 3.63) is 30.3 Å². The molecule has 6 nitrogen and oxygen atoms in total. The number of nitrogens with one attached hydrogen (secondary N) is 1. The molecule has 0 bridgehead atoms. The van der Waals surface area contributed by atoms with Gasteiger partial charge in [-0.1, -0.05) is 31.0 Å². The molecule has 6 heteroatoms. The van der Waals surface area contributed by atoms with Crippen LogP contribution in [0.5, 0.6) is 0 Å². The van der Waals surface area contributed by atoms with Gasteiger partial charge in [-0.25, -0.2) is 0 Å². The Kier molecular flexibility index (Phi) is 6.08. The van der Waals surface area contributed by atoms with Gasteiger partial charge in [0.05, 0.1) is 18.8 Å². The lowest BCUT2D eigenvalue weighted by Crippen LogP contribution is -2.58. The molecular weight excluding hydrogens is 310 g/mol. The lowest BCUT2D eigenvalue weighted by molar-refractivity contribution is -0.299. The first-order chi connectivity index (χ1) is 11.7. The first-order valence-electron chi connectivity index (χ1n) is 8.76. The molecule has 0 amide bonds. The lowest BCUT2D eigenvalue weighted by Gasteiger charge is -2.43. The minimum absolute atomic E-state index is 0.0852. The predicted octanol–water partition coefficient (Wildman–Crippen LogP) is 1.11. The van der Waals surface area contributed by atoms with Crippen molar-refractivity contribution in [1.29, 1.82) is 0 Å². The number of para-hydroxylation sites is 1. The third-order valence-corrected chi connectivity index (χ3v) is 4.97. The second-order valence-electron chi connectivity index (χ2n) is 6.66. The average Bonchev–Trinajstić information content (AvgIpc) is 3.11. The molecule has 5 atom stereocenters. The molecule has 4 N–H and O–H groups in total. The van der Waals surface area contributed by atoms with Crippen LogP contribution >= 0.6 is 0 Å². The SMILES string of the molecule is OC[C@H]1O[C@H](OC2CCCC2)[C@@H](O)[C@@H](CNc2ccccc2)[C@H]1O. The molecule has 1 aromatic rings. The monoisotopic (exact) mass is 337 g/mol. The van der Waals surface area contributed by atoms with Crippen molar-refractivity contribution in [3.63, 3.8) is 0 Å². The maximum atomic E-state index is 10.6. The van der Waals surface area contributed by atoms with E-state index in [9.17, 15) is 15.3 Å². The normalized spacial score (nSPS) is 34.4. The Morgan fingerprint density at radius 2 is 1.79 bits per heavy atom. The molecule has 1 aliphatic heterocycles. The van der Waals surface area contributed by atoms with E-state index < -0.39 is 30.5 Å². The summed E-state index contributed by atoms with van der Waals surface area (Å²) in [7, 11) is 0. The summed E-state index contributed by atoms with van der Waals surface area (Å²) in [5.41, 5.74) is 0.914. The van der Waals surface area contributed by atoms with E-state index in [2.05, 4.69) is 5.32 Å². The van der Waals surface area contributed by atoms with E-state index in [0.29, 0.717) is 6.54 Å². The van der Waals surface area contributed by atoms with Crippen molar-refractivity contribution in [2.24, 2.45) is 5.92 Å². The van der Waals surface area contributed by atoms with Crippen LogP contribution in [0.4, 0.5) is 5.69 Å². The van der Waals surface area contributed by atoms with Gasteiger partial charge < -0.3 is 30.1 Å². The Morgan fingerprint density at radius 1 is 1.08 bits per heavy atom. The number of aliphatic hydroxyl groups is 3. The molecule has 0 aromatic heterocycles. The Bertz CT molecular complexity index is 491. The molecule has 0 unspecified atom stereocenters. The summed E-state index contributed by atoms with van der Waals surface area (Å²) in [6.45, 7) is 0.0665. The fourth-order valence-electron chi connectivity index (χ4n) is 3.52. The van der Waals surface area contributed by atoms with Crippen LogP contribution in [0.2, 0.25) is 0 Å². The Hall–Kier alpha value is -1.18. The van der Waals surface area contributed by atoms with Gasteiger partial charge >= 0.3 is 0 Å². The zero-order valence-electron chi connectivity index (χ0n) is 13.8. The van der Waals surface area contributed by atoms with Gasteiger partial charge in [0, 0.05) is 18.2 Å². The van der Waals surface area contributed by atoms with Crippen LogP contribution in [-0.4, -0.2) is 59.2 Å². The first kappa shape index (κ1) is 17.6. The van der Waals surface area contributed by atoms with E-state index in [1.54, 1.807) is 0 Å². The highest BCUT2D eigenvalue weighted by atomic mass is 16.7. The number of anilines is 1. The number of rotatable bonds is 6. The van der Waals surface area contributed by atoms with Gasteiger partial charge in [-0.05, 0) is 25.0 Å². The molecule has 1 aliphatic carbocycles. The second-order valence-corrected chi connectivity index (χ2v) is 6.66. The summed E-state index contributed by atoms with van der Waals surface area (Å²) >= 11 is 0. The molecule has 1 heterocycles. The topological polar surface area (TPSA) is 91.2 Å². The molecule has 2 aliphatic rings. The number of ether oxygens (including phenoxy) is 2. The highest BCUT2D eigenvalue weighted by Gasteiger charge is 2.45. The summed E-state index contributed by atoms with van der Waals surface area (Å²) in [5.74, 6) is -0.484. The standard InChI is InChI=1S/C18H27NO5/c20-11-15-16(21)14(10-19-12-6-2-1-3-7-12)17(22)18(24-15)23-13-8-4-5-9-13/h1-3,6-7,13-22H,4-5,8-11H2/t14-,15+,16+,17-,18-/m0/s1. The van der Waals surface area contributed by atoms with Gasteiger partial charge in [0.25, 0.3) is 0 Å². The van der Waals surface area contributed by atoms with Crippen molar-refractivity contribution >= 4 is 5.69 Å². The summed E-state index contributed by atoms with van der Waals surface area (Å²) < 4.78 is 11.5. The maximum absolute atomic E-state index is 10.6. The largest absolute Gasteiger partial charge is 0.394 e. The average molecular weight is 337 g/mol. The van der Waals surface area contributed by atoms with E-state index in [0.717, 1.165) is 31.4 Å². The van der Waals surface area contributed by atoms with E-state index in [1.807, 2.05) is 30.3 Å². The highest BCUT2D eigenvalue weighted by molar-refractivity contribution is 5.42. The third kappa shape index (κ3) is 4.07. The first-order valence-corrected chi connectivity index (χ1v) is 8.76. The number of benzene rings is 1. The minimum atomic E-state index is -0.954. The van der Waals surface area contributed by atoms with Crippen LogP contribution in [0.15, 0.2) is 30.3 Å². The van der Waals surface area contributed by atoms with Gasteiger partial charge in [-0.15, -0.1) is 0 Å². The van der Waals surface area contributed by atoms with Crippen LogP contribution in [0, 0.1) is 5.92 Å². The molecule has 134 valence electrons. The van der Waals surface area contributed by atoms with Crippen LogP contribution in [0.25, 0.3) is 0 Å². The second kappa shape index (κ2) is 8.27. The van der Waals surface area contributed by atoms with Crippen molar-refractivity contribution in [2.75, 3.05) is 18.5 Å². The molecular formula is C18H27NO5. The van der Waals surface area contributed by atoms with E-state index in [4.69, 9.17) is 9.47 Å². The van der Waals surface area contributed by atoms with Crippen LogP contribution in [0.1, 0.15) is 25.7 Å². The maximum Gasteiger partial charge on any atom is 0.184 e. The minimum Gasteiger partial charge on any atom is -0.394 e. The Morgan fingerprint density at radius 3 is 2.46 bits per heavy atom. The zero-order valence-corrected chi connectivity index (χ0v) is 13.8. The fraction of sp³-hybridized carbons (Fsp3) is 0.667.